The van der Waals surface area contributed by atoms with Crippen LogP contribution >= 0.6 is 23.4 Å². The molecule has 31 heavy (non-hydrogen) atoms. The van der Waals surface area contributed by atoms with E-state index in [0.29, 0.717) is 41.2 Å². The second-order valence-electron chi connectivity index (χ2n) is 7.06. The van der Waals surface area contributed by atoms with Gasteiger partial charge in [0.1, 0.15) is 12.6 Å². The molecule has 10 heteroatoms. The second-order valence-corrected chi connectivity index (χ2v) is 8.49. The van der Waals surface area contributed by atoms with Crippen molar-refractivity contribution in [2.45, 2.75) is 6.04 Å². The van der Waals surface area contributed by atoms with Crippen LogP contribution in [0.25, 0.3) is 0 Å². The van der Waals surface area contributed by atoms with Gasteiger partial charge >= 0.3 is 6.03 Å². The standard InChI is InChI=1S/C21H21ClN4O4S/c22-14-1-3-16(4-2-14)24-21(29)26-13-31-12-18(26)20(28)23-15-5-7-17(8-6-15)25-9-10-30-11-19(25)27/h1-8,18H,9-13H2,(H,23,28)(H,24,29)/t18-/m1/s1. The molecule has 2 saturated heterocycles. The Bertz CT molecular complexity index is 970. The van der Waals surface area contributed by atoms with Gasteiger partial charge in [0.25, 0.3) is 5.91 Å². The lowest BCUT2D eigenvalue weighted by atomic mass is 10.2. The topological polar surface area (TPSA) is 91.0 Å². The van der Waals surface area contributed by atoms with Gasteiger partial charge in [0.2, 0.25) is 5.91 Å². The number of hydrogen-bond acceptors (Lipinski definition) is 5. The molecule has 162 valence electrons. The molecule has 2 fully saturated rings. The smallest absolute Gasteiger partial charge is 0.323 e. The minimum Gasteiger partial charge on any atom is -0.370 e. The fourth-order valence-corrected chi connectivity index (χ4v) is 4.61. The van der Waals surface area contributed by atoms with Crippen molar-refractivity contribution in [3.05, 3.63) is 53.6 Å². The molecule has 1 atom stereocenters. The first-order valence-corrected chi connectivity index (χ1v) is 11.2. The highest BCUT2D eigenvalue weighted by Gasteiger charge is 2.35. The molecule has 2 aromatic carbocycles. The van der Waals surface area contributed by atoms with E-state index in [4.69, 9.17) is 16.3 Å². The number of thioether (sulfide) groups is 1. The lowest BCUT2D eigenvalue weighted by Gasteiger charge is -2.27. The van der Waals surface area contributed by atoms with E-state index >= 15 is 0 Å². The van der Waals surface area contributed by atoms with Crippen LogP contribution in [0.4, 0.5) is 21.9 Å². The van der Waals surface area contributed by atoms with Crippen molar-refractivity contribution in [1.29, 1.82) is 0 Å². The zero-order valence-electron chi connectivity index (χ0n) is 16.5. The van der Waals surface area contributed by atoms with Gasteiger partial charge in [-0.1, -0.05) is 11.6 Å². The molecular formula is C21H21ClN4O4S. The predicted molar refractivity (Wildman–Crippen MR) is 122 cm³/mol. The summed E-state index contributed by atoms with van der Waals surface area (Å²) in [5, 5.41) is 6.24. The Balaban J connectivity index is 1.37. The first kappa shape index (κ1) is 21.5. The average molecular weight is 461 g/mol. The number of nitrogens with zero attached hydrogens (tertiary/aromatic N) is 2. The summed E-state index contributed by atoms with van der Waals surface area (Å²) >= 11 is 7.39. The summed E-state index contributed by atoms with van der Waals surface area (Å²) in [4.78, 5) is 40.6. The first-order valence-electron chi connectivity index (χ1n) is 9.71. The van der Waals surface area contributed by atoms with E-state index in [9.17, 15) is 14.4 Å². The molecule has 0 saturated carbocycles. The number of carbonyl (C=O) groups excluding carboxylic acids is 3. The van der Waals surface area contributed by atoms with Gasteiger partial charge in [-0.2, -0.15) is 0 Å². The third-order valence-electron chi connectivity index (χ3n) is 4.97. The molecule has 2 N–H and O–H groups in total. The number of nitrogens with one attached hydrogen (secondary N) is 2. The van der Waals surface area contributed by atoms with Crippen LogP contribution in [0, 0.1) is 0 Å². The molecule has 2 aliphatic rings. The highest BCUT2D eigenvalue weighted by atomic mass is 35.5. The number of ether oxygens (including phenoxy) is 1. The summed E-state index contributed by atoms with van der Waals surface area (Å²) in [5.74, 6) is 0.593. The molecular weight excluding hydrogens is 440 g/mol. The van der Waals surface area contributed by atoms with Crippen LogP contribution in [-0.4, -0.2) is 60.2 Å². The van der Waals surface area contributed by atoms with Gasteiger partial charge in [0.15, 0.2) is 0 Å². The van der Waals surface area contributed by atoms with E-state index in [2.05, 4.69) is 10.6 Å². The predicted octanol–water partition coefficient (Wildman–Crippen LogP) is 3.25. The average Bonchev–Trinajstić information content (AvgIpc) is 3.27. The summed E-state index contributed by atoms with van der Waals surface area (Å²) in [6.07, 6.45) is 0. The van der Waals surface area contributed by atoms with Crippen molar-refractivity contribution in [3.8, 4) is 0 Å². The van der Waals surface area contributed by atoms with Crippen molar-refractivity contribution >= 4 is 58.3 Å². The van der Waals surface area contributed by atoms with Gasteiger partial charge in [-0.25, -0.2) is 4.79 Å². The Kier molecular flexibility index (Phi) is 6.64. The molecule has 0 aromatic heterocycles. The van der Waals surface area contributed by atoms with Crippen molar-refractivity contribution in [2.75, 3.05) is 46.9 Å². The third kappa shape index (κ3) is 5.12. The fourth-order valence-electron chi connectivity index (χ4n) is 3.33. The number of morpholine rings is 1. The van der Waals surface area contributed by atoms with Crippen molar-refractivity contribution < 1.29 is 19.1 Å². The Morgan fingerprint density at radius 2 is 1.71 bits per heavy atom. The second kappa shape index (κ2) is 9.59. The van der Waals surface area contributed by atoms with E-state index in [1.54, 1.807) is 53.4 Å². The van der Waals surface area contributed by atoms with Crippen LogP contribution in [0.3, 0.4) is 0 Å². The van der Waals surface area contributed by atoms with Crippen molar-refractivity contribution in [1.82, 2.24) is 4.90 Å². The number of rotatable bonds is 4. The number of benzene rings is 2. The van der Waals surface area contributed by atoms with Crippen LogP contribution in [-0.2, 0) is 14.3 Å². The Morgan fingerprint density at radius 1 is 1.03 bits per heavy atom. The molecule has 2 aromatic rings. The summed E-state index contributed by atoms with van der Waals surface area (Å²) in [6, 6.07) is 12.9. The monoisotopic (exact) mass is 460 g/mol. The minimum atomic E-state index is -0.585. The number of carbonyl (C=O) groups is 3. The van der Waals surface area contributed by atoms with Crippen LogP contribution in [0.1, 0.15) is 0 Å². The zero-order valence-corrected chi connectivity index (χ0v) is 18.1. The van der Waals surface area contributed by atoms with Crippen LogP contribution in [0.15, 0.2) is 48.5 Å². The van der Waals surface area contributed by atoms with Gasteiger partial charge < -0.3 is 25.2 Å². The number of hydrogen-bond donors (Lipinski definition) is 2. The molecule has 8 nitrogen and oxygen atoms in total. The van der Waals surface area contributed by atoms with Gasteiger partial charge in [-0.05, 0) is 48.5 Å². The van der Waals surface area contributed by atoms with E-state index in [1.807, 2.05) is 0 Å². The molecule has 2 heterocycles. The van der Waals surface area contributed by atoms with Crippen LogP contribution in [0.2, 0.25) is 5.02 Å². The van der Waals surface area contributed by atoms with Gasteiger partial charge in [-0.3, -0.25) is 9.59 Å². The fraction of sp³-hybridized carbons (Fsp3) is 0.286. The zero-order chi connectivity index (χ0) is 21.8. The molecule has 2 aliphatic heterocycles. The largest absolute Gasteiger partial charge is 0.370 e. The van der Waals surface area contributed by atoms with E-state index in [1.165, 1.54) is 16.7 Å². The summed E-state index contributed by atoms with van der Waals surface area (Å²) in [7, 11) is 0. The number of halogens is 1. The summed E-state index contributed by atoms with van der Waals surface area (Å²) < 4.78 is 5.15. The highest BCUT2D eigenvalue weighted by Crippen LogP contribution is 2.25. The van der Waals surface area contributed by atoms with Crippen LogP contribution in [0.5, 0.6) is 0 Å². The molecule has 4 rings (SSSR count). The third-order valence-corrected chi connectivity index (χ3v) is 6.24. The van der Waals surface area contributed by atoms with E-state index in [0.717, 1.165) is 5.69 Å². The summed E-state index contributed by atoms with van der Waals surface area (Å²) in [5.41, 5.74) is 1.97. The number of amides is 4. The lowest BCUT2D eigenvalue weighted by Crippen LogP contribution is -2.46. The summed E-state index contributed by atoms with van der Waals surface area (Å²) in [6.45, 7) is 1.07. The number of anilines is 3. The maximum atomic E-state index is 12.8. The molecule has 4 amide bonds. The molecule has 0 spiro atoms. The Labute approximate surface area is 188 Å². The lowest BCUT2D eigenvalue weighted by molar-refractivity contribution is -0.125. The van der Waals surface area contributed by atoms with Crippen molar-refractivity contribution in [2.24, 2.45) is 0 Å². The van der Waals surface area contributed by atoms with Crippen molar-refractivity contribution in [3.63, 3.8) is 0 Å². The quantitative estimate of drug-likeness (QED) is 0.730. The van der Waals surface area contributed by atoms with Gasteiger partial charge in [0, 0.05) is 34.4 Å². The normalized spacial score (nSPS) is 18.7. The SMILES string of the molecule is O=C(Nc1ccc(N2CCOCC2=O)cc1)[C@H]1CSCN1C(=O)Nc1ccc(Cl)cc1. The van der Waals surface area contributed by atoms with Gasteiger partial charge in [-0.15, -0.1) is 11.8 Å². The molecule has 0 unspecified atom stereocenters. The maximum Gasteiger partial charge on any atom is 0.323 e. The van der Waals surface area contributed by atoms with Gasteiger partial charge in [0.05, 0.1) is 12.5 Å². The molecule has 0 bridgehead atoms. The highest BCUT2D eigenvalue weighted by molar-refractivity contribution is 7.99. The Hall–Kier alpha value is -2.75. The van der Waals surface area contributed by atoms with E-state index < -0.39 is 6.04 Å². The molecule has 0 aliphatic carbocycles. The molecule has 0 radical (unpaired) electrons. The van der Waals surface area contributed by atoms with E-state index in [-0.39, 0.29) is 24.5 Å². The number of urea groups is 1. The Morgan fingerprint density at radius 3 is 2.42 bits per heavy atom. The maximum absolute atomic E-state index is 12.8. The minimum absolute atomic E-state index is 0.0752. The first-order chi connectivity index (χ1) is 15.0. The van der Waals surface area contributed by atoms with Crippen LogP contribution < -0.4 is 15.5 Å².